The largest absolute Gasteiger partial charge is 0.476 e. The topological polar surface area (TPSA) is 112 Å². The van der Waals surface area contributed by atoms with Crippen LogP contribution in [0.25, 0.3) is 0 Å². The molecule has 0 radical (unpaired) electrons. The van der Waals surface area contributed by atoms with Gasteiger partial charge >= 0.3 is 5.97 Å². The van der Waals surface area contributed by atoms with Crippen molar-refractivity contribution in [1.82, 2.24) is 10.2 Å². The van der Waals surface area contributed by atoms with Gasteiger partial charge in [-0.05, 0) is 41.1 Å². The molecule has 1 aromatic heterocycles. The van der Waals surface area contributed by atoms with Crippen LogP contribution in [0, 0.1) is 6.92 Å². The first kappa shape index (κ1) is 16.0. The third-order valence-electron chi connectivity index (χ3n) is 2.54. The van der Waals surface area contributed by atoms with Crippen molar-refractivity contribution in [3.63, 3.8) is 0 Å². The maximum absolute atomic E-state index is 12.4. The van der Waals surface area contributed by atoms with Crippen LogP contribution in [0.4, 0.5) is 5.69 Å². The van der Waals surface area contributed by atoms with Gasteiger partial charge in [-0.1, -0.05) is 15.9 Å². The third-order valence-corrected chi connectivity index (χ3v) is 5.21. The molecule has 2 rings (SSSR count). The summed E-state index contributed by atoms with van der Waals surface area (Å²) in [4.78, 5) is 10.7. The van der Waals surface area contributed by atoms with E-state index in [1.807, 2.05) is 0 Å². The van der Waals surface area contributed by atoms with Crippen molar-refractivity contribution < 1.29 is 18.3 Å². The first-order valence-electron chi connectivity index (χ1n) is 5.48. The molecule has 0 spiro atoms. The van der Waals surface area contributed by atoms with Crippen LogP contribution in [0.15, 0.2) is 32.0 Å². The molecule has 0 aliphatic heterocycles. The van der Waals surface area contributed by atoms with Crippen LogP contribution in [0.1, 0.15) is 16.2 Å². The summed E-state index contributed by atoms with van der Waals surface area (Å²) in [6.07, 6.45) is 0. The number of benzene rings is 1. The number of hydrogen-bond donors (Lipinski definition) is 3. The number of anilines is 1. The molecule has 3 N–H and O–H groups in total. The van der Waals surface area contributed by atoms with Crippen molar-refractivity contribution in [2.24, 2.45) is 0 Å². The Labute approximate surface area is 137 Å². The van der Waals surface area contributed by atoms with Crippen LogP contribution in [0.5, 0.6) is 0 Å². The maximum Gasteiger partial charge on any atom is 0.357 e. The van der Waals surface area contributed by atoms with Crippen LogP contribution in [0.2, 0.25) is 0 Å². The fourth-order valence-electron chi connectivity index (χ4n) is 1.66. The molecule has 2 aromatic rings. The van der Waals surface area contributed by atoms with E-state index >= 15 is 0 Å². The Balaban J connectivity index is 2.48. The number of rotatable bonds is 4. The minimum Gasteiger partial charge on any atom is -0.476 e. The van der Waals surface area contributed by atoms with Gasteiger partial charge < -0.3 is 5.11 Å². The predicted octanol–water partition coefficient (Wildman–Crippen LogP) is 2.74. The average molecular weight is 439 g/mol. The van der Waals surface area contributed by atoms with E-state index in [0.717, 1.165) is 4.47 Å². The highest BCUT2D eigenvalue weighted by Crippen LogP contribution is 2.29. The van der Waals surface area contributed by atoms with Gasteiger partial charge in [0.15, 0.2) is 5.69 Å². The fraction of sp³-hybridized carbons (Fsp3) is 0.0909. The van der Waals surface area contributed by atoms with Crippen molar-refractivity contribution in [1.29, 1.82) is 0 Å². The van der Waals surface area contributed by atoms with Crippen molar-refractivity contribution in [3.05, 3.63) is 38.5 Å². The third kappa shape index (κ3) is 3.27. The minimum absolute atomic E-state index is 0.146. The van der Waals surface area contributed by atoms with Crippen molar-refractivity contribution in [2.45, 2.75) is 11.8 Å². The number of carboxylic acids is 1. The zero-order valence-electron chi connectivity index (χ0n) is 10.5. The van der Waals surface area contributed by atoms with E-state index in [4.69, 9.17) is 5.11 Å². The van der Waals surface area contributed by atoms with E-state index < -0.39 is 21.7 Å². The second-order valence-electron chi connectivity index (χ2n) is 4.06. The summed E-state index contributed by atoms with van der Waals surface area (Å²) >= 11 is 6.49. The lowest BCUT2D eigenvalue weighted by atomic mass is 10.3. The van der Waals surface area contributed by atoms with Crippen LogP contribution < -0.4 is 4.72 Å². The Morgan fingerprint density at radius 2 is 2.05 bits per heavy atom. The summed E-state index contributed by atoms with van der Waals surface area (Å²) in [5.74, 6) is -1.42. The smallest absolute Gasteiger partial charge is 0.357 e. The number of carbonyl (C=O) groups is 1. The van der Waals surface area contributed by atoms with E-state index in [1.165, 1.54) is 6.92 Å². The van der Waals surface area contributed by atoms with Crippen molar-refractivity contribution >= 4 is 53.5 Å². The summed E-state index contributed by atoms with van der Waals surface area (Å²) in [6, 6.07) is 4.86. The molecule has 0 atom stereocenters. The molecular formula is C11H9Br2N3O4S. The predicted molar refractivity (Wildman–Crippen MR) is 82.9 cm³/mol. The molecule has 0 saturated carbocycles. The van der Waals surface area contributed by atoms with E-state index in [-0.39, 0.29) is 16.3 Å². The summed E-state index contributed by atoms with van der Waals surface area (Å²) < 4.78 is 28.4. The molecule has 7 nitrogen and oxygen atoms in total. The summed E-state index contributed by atoms with van der Waals surface area (Å²) in [7, 11) is -4.08. The average Bonchev–Trinajstić information content (AvgIpc) is 2.76. The SMILES string of the molecule is Cc1[nH]nc(C(=O)O)c1S(=O)(=O)Nc1ccc(Br)cc1Br. The lowest BCUT2D eigenvalue weighted by Crippen LogP contribution is -2.17. The lowest BCUT2D eigenvalue weighted by Gasteiger charge is -2.10. The second-order valence-corrected chi connectivity index (χ2v) is 7.45. The summed E-state index contributed by atoms with van der Waals surface area (Å²) in [5, 5.41) is 14.9. The van der Waals surface area contributed by atoms with Gasteiger partial charge in [-0.2, -0.15) is 5.10 Å². The highest BCUT2D eigenvalue weighted by Gasteiger charge is 2.28. The number of aromatic amines is 1. The lowest BCUT2D eigenvalue weighted by molar-refractivity contribution is 0.0686. The molecule has 0 aliphatic rings. The molecule has 112 valence electrons. The number of hydrogen-bond acceptors (Lipinski definition) is 4. The molecule has 1 aromatic carbocycles. The van der Waals surface area contributed by atoms with Gasteiger partial charge in [-0.25, -0.2) is 13.2 Å². The molecule has 1 heterocycles. The molecule has 0 fully saturated rings. The van der Waals surface area contributed by atoms with E-state index in [1.54, 1.807) is 18.2 Å². The minimum atomic E-state index is -4.08. The number of halogens is 2. The number of carboxylic acid groups (broad SMARTS) is 1. The van der Waals surface area contributed by atoms with Gasteiger partial charge in [-0.3, -0.25) is 9.82 Å². The van der Waals surface area contributed by atoms with Gasteiger partial charge in [0.1, 0.15) is 4.90 Å². The molecule has 0 aliphatic carbocycles. The van der Waals surface area contributed by atoms with E-state index in [9.17, 15) is 13.2 Å². The molecule has 21 heavy (non-hydrogen) atoms. The molecule has 10 heteroatoms. The van der Waals surface area contributed by atoms with E-state index in [0.29, 0.717) is 4.47 Å². The second kappa shape index (κ2) is 5.78. The van der Waals surface area contributed by atoms with Gasteiger partial charge in [0.2, 0.25) is 0 Å². The van der Waals surface area contributed by atoms with Crippen molar-refractivity contribution in [2.75, 3.05) is 4.72 Å². The van der Waals surface area contributed by atoms with Crippen LogP contribution >= 0.6 is 31.9 Å². The quantitative estimate of drug-likeness (QED) is 0.679. The van der Waals surface area contributed by atoms with Crippen LogP contribution in [-0.4, -0.2) is 29.7 Å². The Morgan fingerprint density at radius 1 is 1.38 bits per heavy atom. The zero-order chi connectivity index (χ0) is 15.8. The van der Waals surface area contributed by atoms with E-state index in [2.05, 4.69) is 46.8 Å². The standard InChI is InChI=1S/C11H9Br2N3O4S/c1-5-10(9(11(17)18)15-14-5)21(19,20)16-8-3-2-6(12)4-7(8)13/h2-4,16H,1H3,(H,14,15)(H,17,18). The highest BCUT2D eigenvalue weighted by atomic mass is 79.9. The monoisotopic (exact) mass is 437 g/mol. The Morgan fingerprint density at radius 3 is 2.62 bits per heavy atom. The van der Waals surface area contributed by atoms with Crippen molar-refractivity contribution in [3.8, 4) is 0 Å². The molecule has 0 unspecified atom stereocenters. The van der Waals surface area contributed by atoms with Gasteiger partial charge in [-0.15, -0.1) is 0 Å². The highest BCUT2D eigenvalue weighted by molar-refractivity contribution is 9.11. The maximum atomic E-state index is 12.4. The fourth-order valence-corrected chi connectivity index (χ4v) is 4.34. The Hall–Kier alpha value is -1.39. The van der Waals surface area contributed by atoms with Gasteiger partial charge in [0.05, 0.1) is 11.4 Å². The Kier molecular flexibility index (Phi) is 4.40. The molecule has 0 saturated heterocycles. The first-order valence-corrected chi connectivity index (χ1v) is 8.55. The first-order chi connectivity index (χ1) is 9.72. The van der Waals surface area contributed by atoms with Gasteiger partial charge in [0, 0.05) is 8.95 Å². The number of nitrogens with zero attached hydrogens (tertiary/aromatic N) is 1. The van der Waals surface area contributed by atoms with Crippen LogP contribution in [0.3, 0.4) is 0 Å². The summed E-state index contributed by atoms with van der Waals surface area (Å²) in [5.41, 5.74) is -0.114. The number of aromatic carboxylic acids is 1. The molecular weight excluding hydrogens is 430 g/mol. The summed E-state index contributed by atoms with van der Waals surface area (Å²) in [6.45, 7) is 1.44. The molecule has 0 bridgehead atoms. The Bertz CT molecular complexity index is 817. The van der Waals surface area contributed by atoms with Gasteiger partial charge in [0.25, 0.3) is 10.0 Å². The molecule has 0 amide bonds. The number of aryl methyl sites for hydroxylation is 1. The number of sulfonamides is 1. The normalized spacial score (nSPS) is 11.4. The number of aromatic nitrogens is 2. The van der Waals surface area contributed by atoms with Crippen LogP contribution in [-0.2, 0) is 10.0 Å². The number of H-pyrrole nitrogens is 1. The zero-order valence-corrected chi connectivity index (χ0v) is 14.5. The number of nitrogens with one attached hydrogen (secondary N) is 2.